The number of hydrogen-bond acceptors (Lipinski definition) is 6. The molecule has 1 amide bonds. The molecule has 0 saturated carbocycles. The summed E-state index contributed by atoms with van der Waals surface area (Å²) in [6.07, 6.45) is 3.54. The Hall–Kier alpha value is -3.94. The van der Waals surface area contributed by atoms with Gasteiger partial charge in [0, 0.05) is 24.0 Å². The summed E-state index contributed by atoms with van der Waals surface area (Å²) in [4.78, 5) is 26.2. The lowest BCUT2D eigenvalue weighted by molar-refractivity contribution is 0.102. The molecule has 3 aromatic heterocycles. The predicted molar refractivity (Wildman–Crippen MR) is 118 cm³/mol. The van der Waals surface area contributed by atoms with E-state index < -0.39 is 0 Å². The van der Waals surface area contributed by atoms with Gasteiger partial charge in [-0.25, -0.2) is 15.0 Å². The van der Waals surface area contributed by atoms with Gasteiger partial charge in [-0.05, 0) is 51.1 Å². The van der Waals surface area contributed by atoms with E-state index in [1.165, 1.54) is 0 Å². The summed E-state index contributed by atoms with van der Waals surface area (Å²) in [7, 11) is 0. The highest BCUT2D eigenvalue weighted by Crippen LogP contribution is 2.25. The van der Waals surface area contributed by atoms with Crippen LogP contribution in [0.25, 0.3) is 17.0 Å². The van der Waals surface area contributed by atoms with Crippen LogP contribution in [0.3, 0.4) is 0 Å². The number of benzene rings is 1. The van der Waals surface area contributed by atoms with Crippen LogP contribution in [0.1, 0.15) is 29.9 Å². The number of rotatable bonds is 7. The molecule has 0 spiro atoms. The summed E-state index contributed by atoms with van der Waals surface area (Å²) < 4.78 is 13.1. The van der Waals surface area contributed by atoms with E-state index in [0.717, 1.165) is 17.0 Å². The minimum Gasteiger partial charge on any atom is -0.494 e. The van der Waals surface area contributed by atoms with Crippen LogP contribution < -0.4 is 14.8 Å². The van der Waals surface area contributed by atoms with E-state index in [1.807, 2.05) is 49.6 Å². The molecule has 3 heterocycles. The molecule has 1 aromatic carbocycles. The van der Waals surface area contributed by atoms with Gasteiger partial charge < -0.3 is 9.47 Å². The summed E-state index contributed by atoms with van der Waals surface area (Å²) in [5, 5.41) is 2.76. The van der Waals surface area contributed by atoms with Crippen LogP contribution in [0, 0.1) is 6.92 Å². The lowest BCUT2D eigenvalue weighted by Crippen LogP contribution is -2.15. The fraction of sp³-hybridized carbons (Fsp3) is 0.217. The topological polar surface area (TPSA) is 90.6 Å². The van der Waals surface area contributed by atoms with E-state index in [2.05, 4.69) is 20.3 Å². The number of anilines is 1. The average molecular weight is 417 g/mol. The molecule has 0 radical (unpaired) electrons. The van der Waals surface area contributed by atoms with Crippen molar-refractivity contribution in [2.24, 2.45) is 0 Å². The Morgan fingerprint density at radius 3 is 2.48 bits per heavy atom. The van der Waals surface area contributed by atoms with E-state index in [1.54, 1.807) is 30.5 Å². The van der Waals surface area contributed by atoms with E-state index in [-0.39, 0.29) is 11.9 Å². The zero-order valence-corrected chi connectivity index (χ0v) is 17.6. The van der Waals surface area contributed by atoms with Crippen molar-refractivity contribution in [1.82, 2.24) is 19.4 Å². The first kappa shape index (κ1) is 20.3. The Balaban J connectivity index is 1.63. The number of nitrogens with one attached hydrogen (secondary N) is 1. The van der Waals surface area contributed by atoms with Crippen molar-refractivity contribution in [1.29, 1.82) is 0 Å². The van der Waals surface area contributed by atoms with Crippen molar-refractivity contribution in [2.45, 2.75) is 20.8 Å². The first-order valence-corrected chi connectivity index (χ1v) is 10.1. The SMILES string of the molecule is CCOc1cc(OCC)cc(C(=O)Nc2nccc(-c3c(C)nc4ccccn34)n2)c1. The smallest absolute Gasteiger partial charge is 0.258 e. The highest BCUT2D eigenvalue weighted by molar-refractivity contribution is 6.04. The third kappa shape index (κ3) is 4.32. The molecule has 8 heteroatoms. The van der Waals surface area contributed by atoms with Crippen LogP contribution in [0.5, 0.6) is 11.5 Å². The van der Waals surface area contributed by atoms with Gasteiger partial charge in [-0.15, -0.1) is 0 Å². The second-order valence-electron chi connectivity index (χ2n) is 6.75. The van der Waals surface area contributed by atoms with Crippen LogP contribution in [0.15, 0.2) is 54.9 Å². The van der Waals surface area contributed by atoms with E-state index in [0.29, 0.717) is 36.0 Å². The van der Waals surface area contributed by atoms with Crippen molar-refractivity contribution >= 4 is 17.5 Å². The first-order chi connectivity index (χ1) is 15.1. The highest BCUT2D eigenvalue weighted by atomic mass is 16.5. The maximum Gasteiger partial charge on any atom is 0.258 e. The van der Waals surface area contributed by atoms with Gasteiger partial charge in [-0.3, -0.25) is 14.5 Å². The molecule has 158 valence electrons. The van der Waals surface area contributed by atoms with E-state index in [9.17, 15) is 4.79 Å². The van der Waals surface area contributed by atoms with Gasteiger partial charge in [0.2, 0.25) is 5.95 Å². The average Bonchev–Trinajstić information content (AvgIpc) is 3.10. The molecule has 31 heavy (non-hydrogen) atoms. The zero-order valence-electron chi connectivity index (χ0n) is 17.6. The summed E-state index contributed by atoms with van der Waals surface area (Å²) in [5.74, 6) is 0.978. The Bertz CT molecular complexity index is 1210. The number of amides is 1. The van der Waals surface area contributed by atoms with Crippen molar-refractivity contribution in [2.75, 3.05) is 18.5 Å². The molecule has 0 unspecified atom stereocenters. The minimum atomic E-state index is -0.352. The van der Waals surface area contributed by atoms with E-state index in [4.69, 9.17) is 9.47 Å². The number of fused-ring (bicyclic) bond motifs is 1. The molecular weight excluding hydrogens is 394 g/mol. The summed E-state index contributed by atoms with van der Waals surface area (Å²) in [6, 6.07) is 12.7. The molecule has 0 aliphatic heterocycles. The highest BCUT2D eigenvalue weighted by Gasteiger charge is 2.15. The third-order valence-electron chi connectivity index (χ3n) is 4.59. The summed E-state index contributed by atoms with van der Waals surface area (Å²) in [6.45, 7) is 6.67. The van der Waals surface area contributed by atoms with Crippen LogP contribution in [-0.4, -0.2) is 38.5 Å². The van der Waals surface area contributed by atoms with Gasteiger partial charge in [0.15, 0.2) is 0 Å². The van der Waals surface area contributed by atoms with Crippen LogP contribution in [0.2, 0.25) is 0 Å². The van der Waals surface area contributed by atoms with Gasteiger partial charge in [0.1, 0.15) is 17.1 Å². The van der Waals surface area contributed by atoms with Gasteiger partial charge in [-0.1, -0.05) is 6.07 Å². The molecule has 1 N–H and O–H groups in total. The molecule has 0 saturated heterocycles. The zero-order chi connectivity index (χ0) is 21.8. The minimum absolute atomic E-state index is 0.201. The van der Waals surface area contributed by atoms with Crippen molar-refractivity contribution in [3.63, 3.8) is 0 Å². The molecule has 4 aromatic rings. The Labute approximate surface area is 179 Å². The van der Waals surface area contributed by atoms with Gasteiger partial charge >= 0.3 is 0 Å². The maximum absolute atomic E-state index is 12.9. The van der Waals surface area contributed by atoms with Crippen LogP contribution >= 0.6 is 0 Å². The molecule has 8 nitrogen and oxygen atoms in total. The lowest BCUT2D eigenvalue weighted by Gasteiger charge is -2.11. The molecule has 0 aliphatic carbocycles. The number of imidazole rings is 1. The van der Waals surface area contributed by atoms with Gasteiger partial charge in [-0.2, -0.15) is 0 Å². The third-order valence-corrected chi connectivity index (χ3v) is 4.59. The standard InChI is InChI=1S/C23H23N5O3/c1-4-30-17-12-16(13-18(14-17)31-5-2)22(29)27-23-24-10-9-19(26-23)21-15(3)25-20-8-6-7-11-28(20)21/h6-14H,4-5H2,1-3H3,(H,24,26,27,29). The molecular formula is C23H23N5O3. The van der Waals surface area contributed by atoms with Gasteiger partial charge in [0.05, 0.1) is 30.3 Å². The quantitative estimate of drug-likeness (QED) is 0.486. The van der Waals surface area contributed by atoms with Crippen LogP contribution in [-0.2, 0) is 0 Å². The van der Waals surface area contributed by atoms with E-state index >= 15 is 0 Å². The molecule has 0 fully saturated rings. The molecule has 4 rings (SSSR count). The van der Waals surface area contributed by atoms with Crippen molar-refractivity contribution < 1.29 is 14.3 Å². The summed E-state index contributed by atoms with van der Waals surface area (Å²) in [5.41, 5.74) is 3.59. The molecule has 0 aliphatic rings. The number of hydrogen-bond donors (Lipinski definition) is 1. The molecule has 0 atom stereocenters. The Morgan fingerprint density at radius 2 is 1.77 bits per heavy atom. The number of ether oxygens (including phenoxy) is 2. The normalized spacial score (nSPS) is 10.8. The number of aromatic nitrogens is 4. The lowest BCUT2D eigenvalue weighted by atomic mass is 10.2. The van der Waals surface area contributed by atoms with Gasteiger partial charge in [0.25, 0.3) is 5.91 Å². The number of pyridine rings is 1. The van der Waals surface area contributed by atoms with Crippen LogP contribution in [0.4, 0.5) is 5.95 Å². The second kappa shape index (κ2) is 8.83. The van der Waals surface area contributed by atoms with Crippen molar-refractivity contribution in [3.8, 4) is 22.9 Å². The Morgan fingerprint density at radius 1 is 1.03 bits per heavy atom. The largest absolute Gasteiger partial charge is 0.494 e. The second-order valence-corrected chi connectivity index (χ2v) is 6.75. The predicted octanol–water partition coefficient (Wildman–Crippen LogP) is 4.15. The van der Waals surface area contributed by atoms with Crippen molar-refractivity contribution in [3.05, 3.63) is 66.1 Å². The number of carbonyl (C=O) groups is 1. The fourth-order valence-electron chi connectivity index (χ4n) is 3.35. The molecule has 0 bridgehead atoms. The maximum atomic E-state index is 12.9. The fourth-order valence-corrected chi connectivity index (χ4v) is 3.35. The number of aryl methyl sites for hydroxylation is 1. The summed E-state index contributed by atoms with van der Waals surface area (Å²) >= 11 is 0. The number of nitrogens with zero attached hydrogens (tertiary/aromatic N) is 4. The first-order valence-electron chi connectivity index (χ1n) is 10.1. The monoisotopic (exact) mass is 417 g/mol. The number of carbonyl (C=O) groups excluding carboxylic acids is 1. The Kier molecular flexibility index (Phi) is 5.79.